The van der Waals surface area contributed by atoms with Crippen LogP contribution in [0.5, 0.6) is 0 Å². The van der Waals surface area contributed by atoms with Gasteiger partial charge in [-0.25, -0.2) is 0 Å². The van der Waals surface area contributed by atoms with Crippen LogP contribution < -0.4 is 0 Å². The first-order chi connectivity index (χ1) is 17.2. The van der Waals surface area contributed by atoms with Gasteiger partial charge in [-0.15, -0.1) is 0 Å². The first-order valence-corrected chi connectivity index (χ1v) is 11.8. The first kappa shape index (κ1) is 26.0. The second kappa shape index (κ2) is 10.9. The van der Waals surface area contributed by atoms with Crippen molar-refractivity contribution in [1.29, 1.82) is 0 Å². The zero-order valence-electron chi connectivity index (χ0n) is 20.6. The summed E-state index contributed by atoms with van der Waals surface area (Å²) in [5, 5.41) is 0. The molecule has 0 amide bonds. The molecule has 1 heterocycles. The summed E-state index contributed by atoms with van der Waals surface area (Å²) in [5.74, 6) is -2.02. The van der Waals surface area contributed by atoms with E-state index in [0.29, 0.717) is 5.57 Å². The van der Waals surface area contributed by atoms with Gasteiger partial charge in [-0.3, -0.25) is 19.2 Å². The molecule has 1 aromatic carbocycles. The van der Waals surface area contributed by atoms with Crippen LogP contribution in [0.4, 0.5) is 0 Å². The van der Waals surface area contributed by atoms with E-state index >= 15 is 0 Å². The quantitative estimate of drug-likeness (QED) is 0.383. The predicted molar refractivity (Wildman–Crippen MR) is 123 cm³/mol. The van der Waals surface area contributed by atoms with Crippen LogP contribution in [0.15, 0.2) is 35.9 Å². The Morgan fingerprint density at radius 1 is 0.972 bits per heavy atom. The van der Waals surface area contributed by atoms with Crippen molar-refractivity contribution < 1.29 is 47.6 Å². The molecular weight excluding hydrogens is 472 g/mol. The second-order valence-electron chi connectivity index (χ2n) is 9.11. The van der Waals surface area contributed by atoms with Crippen molar-refractivity contribution in [3.05, 3.63) is 47.0 Å². The molecule has 0 bridgehead atoms. The Bertz CT molecular complexity index is 1060. The zero-order chi connectivity index (χ0) is 26.0. The van der Waals surface area contributed by atoms with E-state index in [-0.39, 0.29) is 30.8 Å². The summed E-state index contributed by atoms with van der Waals surface area (Å²) in [6.07, 6.45) is -2.62. The molecule has 0 aromatic heterocycles. The van der Waals surface area contributed by atoms with E-state index in [4.69, 9.17) is 28.4 Å². The van der Waals surface area contributed by atoms with Gasteiger partial charge in [0.05, 0.1) is 12.5 Å². The van der Waals surface area contributed by atoms with Crippen LogP contribution in [0, 0.1) is 5.92 Å². The molecule has 1 fully saturated rings. The molecule has 4 rings (SSSR count). The molecule has 2 unspecified atom stereocenters. The summed E-state index contributed by atoms with van der Waals surface area (Å²) in [6.45, 7) is 3.33. The summed E-state index contributed by atoms with van der Waals surface area (Å²) >= 11 is 0. The molecule has 1 saturated heterocycles. The maximum atomic E-state index is 13.3. The standard InChI is InChI=1S/C26H30O10/c1-13(27)32-12-20-23(34-14(2)28)24(25(35-15(3)29)26(31-4)36-20)33-11-18-10-17-9-16-7-5-6-8-19(16)21(17)22(18)30/h5-8,10,17,20-21,23-26H,9,11-12H2,1-4H3/t17?,20-,21?,23+,24+,25-,26-/m1/s1. The lowest BCUT2D eigenvalue weighted by Crippen LogP contribution is -2.62. The number of ketones is 1. The third kappa shape index (κ3) is 5.35. The molecule has 36 heavy (non-hydrogen) atoms. The Morgan fingerprint density at radius 2 is 1.67 bits per heavy atom. The minimum Gasteiger partial charge on any atom is -0.463 e. The van der Waals surface area contributed by atoms with Gasteiger partial charge in [-0.2, -0.15) is 0 Å². The SMILES string of the molecule is CO[C@@H]1O[C@H](COC(C)=O)[C@H](OC(C)=O)[C@H](OCC2=CC3Cc4ccccc4C3C2=O)[C@H]1OC(C)=O. The Hall–Kier alpha value is -3.08. The fourth-order valence-electron chi connectivity index (χ4n) is 5.20. The van der Waals surface area contributed by atoms with Crippen molar-refractivity contribution in [2.45, 2.75) is 63.8 Å². The molecule has 0 radical (unpaired) electrons. The van der Waals surface area contributed by atoms with E-state index in [1.807, 2.05) is 30.3 Å². The van der Waals surface area contributed by atoms with Gasteiger partial charge >= 0.3 is 17.9 Å². The molecule has 0 saturated carbocycles. The summed E-state index contributed by atoms with van der Waals surface area (Å²) in [4.78, 5) is 48.5. The van der Waals surface area contributed by atoms with Gasteiger partial charge in [0.15, 0.2) is 24.3 Å². The van der Waals surface area contributed by atoms with Gasteiger partial charge in [0.1, 0.15) is 18.8 Å². The number of allylic oxidation sites excluding steroid dienone is 1. The maximum Gasteiger partial charge on any atom is 0.303 e. The van der Waals surface area contributed by atoms with Crippen LogP contribution in [0.25, 0.3) is 0 Å². The summed E-state index contributed by atoms with van der Waals surface area (Å²) in [7, 11) is 1.36. The molecule has 7 atom stereocenters. The van der Waals surface area contributed by atoms with E-state index in [1.165, 1.54) is 33.4 Å². The molecule has 194 valence electrons. The van der Waals surface area contributed by atoms with Crippen LogP contribution in [-0.2, 0) is 54.0 Å². The van der Waals surface area contributed by atoms with Crippen molar-refractivity contribution in [2.24, 2.45) is 5.92 Å². The third-order valence-electron chi connectivity index (χ3n) is 6.60. The highest BCUT2D eigenvalue weighted by atomic mass is 16.7. The highest BCUT2D eigenvalue weighted by molar-refractivity contribution is 6.04. The van der Waals surface area contributed by atoms with E-state index in [1.54, 1.807) is 0 Å². The van der Waals surface area contributed by atoms with E-state index < -0.39 is 48.6 Å². The normalized spacial score (nSPS) is 30.7. The number of benzene rings is 1. The number of hydrogen-bond acceptors (Lipinski definition) is 10. The van der Waals surface area contributed by atoms with Crippen molar-refractivity contribution in [1.82, 2.24) is 0 Å². The van der Waals surface area contributed by atoms with Crippen LogP contribution in [-0.4, -0.2) is 74.7 Å². The second-order valence-corrected chi connectivity index (χ2v) is 9.11. The minimum absolute atomic E-state index is 0.0233. The highest BCUT2D eigenvalue weighted by Gasteiger charge is 2.52. The van der Waals surface area contributed by atoms with E-state index in [2.05, 4.69) is 0 Å². The molecular formula is C26H30O10. The van der Waals surface area contributed by atoms with Crippen LogP contribution in [0.1, 0.15) is 37.8 Å². The Labute approximate surface area is 208 Å². The lowest BCUT2D eigenvalue weighted by molar-refractivity contribution is -0.305. The van der Waals surface area contributed by atoms with Crippen molar-refractivity contribution in [3.8, 4) is 0 Å². The third-order valence-corrected chi connectivity index (χ3v) is 6.60. The lowest BCUT2D eigenvalue weighted by atomic mass is 9.93. The van der Waals surface area contributed by atoms with Gasteiger partial charge in [-0.05, 0) is 23.5 Å². The van der Waals surface area contributed by atoms with Gasteiger partial charge in [-0.1, -0.05) is 30.3 Å². The molecule has 10 nitrogen and oxygen atoms in total. The molecule has 10 heteroatoms. The smallest absolute Gasteiger partial charge is 0.303 e. The molecule has 1 aliphatic heterocycles. The van der Waals surface area contributed by atoms with Gasteiger partial charge < -0.3 is 28.4 Å². The fraction of sp³-hybridized carbons (Fsp3) is 0.538. The molecule has 3 aliphatic rings. The van der Waals surface area contributed by atoms with E-state index in [9.17, 15) is 19.2 Å². The largest absolute Gasteiger partial charge is 0.463 e. The Balaban J connectivity index is 1.57. The number of carbonyl (C=O) groups excluding carboxylic acids is 4. The average molecular weight is 503 g/mol. The number of hydrogen-bond donors (Lipinski definition) is 0. The van der Waals surface area contributed by atoms with Crippen molar-refractivity contribution >= 4 is 23.7 Å². The Morgan fingerprint density at radius 3 is 2.33 bits per heavy atom. The average Bonchev–Trinajstić information content (AvgIpc) is 3.33. The van der Waals surface area contributed by atoms with Crippen LogP contribution in [0.3, 0.4) is 0 Å². The number of fused-ring (bicyclic) bond motifs is 3. The number of methoxy groups -OCH3 is 1. The monoisotopic (exact) mass is 502 g/mol. The number of Topliss-reactive ketones (excluding diaryl/α,β-unsaturated/α-hetero) is 1. The number of carbonyl (C=O) groups is 4. The topological polar surface area (TPSA) is 124 Å². The lowest BCUT2D eigenvalue weighted by Gasteiger charge is -2.44. The molecule has 0 N–H and O–H groups in total. The Kier molecular flexibility index (Phi) is 7.87. The maximum absolute atomic E-state index is 13.3. The van der Waals surface area contributed by atoms with Crippen LogP contribution in [0.2, 0.25) is 0 Å². The summed E-state index contributed by atoms with van der Waals surface area (Å²) in [6, 6.07) is 7.90. The van der Waals surface area contributed by atoms with Crippen LogP contribution >= 0.6 is 0 Å². The fourth-order valence-corrected chi connectivity index (χ4v) is 5.20. The molecule has 0 spiro atoms. The number of rotatable bonds is 8. The minimum atomic E-state index is -1.11. The molecule has 1 aromatic rings. The van der Waals surface area contributed by atoms with Gasteiger partial charge in [0.2, 0.25) is 0 Å². The van der Waals surface area contributed by atoms with E-state index in [0.717, 1.165) is 12.0 Å². The van der Waals surface area contributed by atoms with Gasteiger partial charge in [0.25, 0.3) is 0 Å². The highest BCUT2D eigenvalue weighted by Crippen LogP contribution is 2.45. The van der Waals surface area contributed by atoms with Crippen molar-refractivity contribution in [3.63, 3.8) is 0 Å². The van der Waals surface area contributed by atoms with Crippen molar-refractivity contribution in [2.75, 3.05) is 20.3 Å². The zero-order valence-corrected chi connectivity index (χ0v) is 20.6. The molecule has 2 aliphatic carbocycles. The number of ether oxygens (including phenoxy) is 6. The predicted octanol–water partition coefficient (Wildman–Crippen LogP) is 1.63. The summed E-state index contributed by atoms with van der Waals surface area (Å²) < 4.78 is 33.4. The summed E-state index contributed by atoms with van der Waals surface area (Å²) in [5.41, 5.74) is 2.70. The van der Waals surface area contributed by atoms with Gasteiger partial charge in [0, 0.05) is 33.5 Å². The number of esters is 3. The first-order valence-electron chi connectivity index (χ1n) is 11.8.